The Morgan fingerprint density at radius 1 is 0.950 bits per heavy atom. The third-order valence-corrected chi connectivity index (χ3v) is 2.84. The highest BCUT2D eigenvalue weighted by Crippen LogP contribution is 2.22. The van der Waals surface area contributed by atoms with Crippen molar-refractivity contribution in [3.05, 3.63) is 60.2 Å². The Bertz CT molecular complexity index is 733. The molecule has 98 valence electrons. The van der Waals surface area contributed by atoms with Gasteiger partial charge in [-0.25, -0.2) is 4.79 Å². The van der Waals surface area contributed by atoms with Gasteiger partial charge in [0, 0.05) is 11.1 Å². The smallest absolute Gasteiger partial charge is 0.335 e. The number of aromatic carboxylic acids is 1. The van der Waals surface area contributed by atoms with E-state index in [9.17, 15) is 4.79 Å². The molecule has 20 heavy (non-hydrogen) atoms. The van der Waals surface area contributed by atoms with E-state index in [4.69, 9.17) is 9.63 Å². The molecule has 0 radical (unpaired) electrons. The molecule has 1 aromatic heterocycles. The molecule has 0 bridgehead atoms. The molecule has 1 heterocycles. The van der Waals surface area contributed by atoms with Crippen LogP contribution in [0.2, 0.25) is 0 Å². The number of carboxylic acids is 1. The molecule has 2 aromatic carbocycles. The van der Waals surface area contributed by atoms with Crippen molar-refractivity contribution in [1.29, 1.82) is 0 Å². The first-order chi connectivity index (χ1) is 9.74. The summed E-state index contributed by atoms with van der Waals surface area (Å²) in [6, 6.07) is 15.8. The fourth-order valence-electron chi connectivity index (χ4n) is 1.80. The fraction of sp³-hybridized carbons (Fsp3) is 0. The maximum absolute atomic E-state index is 10.8. The molecule has 0 spiro atoms. The molecular weight excluding hydrogens is 256 g/mol. The van der Waals surface area contributed by atoms with Crippen molar-refractivity contribution in [3.8, 4) is 22.8 Å². The van der Waals surface area contributed by atoms with Gasteiger partial charge >= 0.3 is 5.97 Å². The topological polar surface area (TPSA) is 76.2 Å². The lowest BCUT2D eigenvalue weighted by molar-refractivity contribution is 0.0697. The van der Waals surface area contributed by atoms with Crippen LogP contribution < -0.4 is 0 Å². The average Bonchev–Trinajstić information content (AvgIpc) is 2.98. The van der Waals surface area contributed by atoms with Gasteiger partial charge < -0.3 is 9.63 Å². The van der Waals surface area contributed by atoms with Gasteiger partial charge in [0.2, 0.25) is 5.82 Å². The van der Waals surface area contributed by atoms with Gasteiger partial charge in [-0.3, -0.25) is 0 Å². The number of benzene rings is 2. The summed E-state index contributed by atoms with van der Waals surface area (Å²) in [7, 11) is 0. The first-order valence-electron chi connectivity index (χ1n) is 5.97. The van der Waals surface area contributed by atoms with E-state index in [0.717, 1.165) is 5.56 Å². The summed E-state index contributed by atoms with van der Waals surface area (Å²) >= 11 is 0. The SMILES string of the molecule is O=C(O)c1ccc(-c2nc(-c3ccccc3)no2)cc1. The Kier molecular flexibility index (Phi) is 3.01. The van der Waals surface area contributed by atoms with Crippen LogP contribution in [0.5, 0.6) is 0 Å². The van der Waals surface area contributed by atoms with Gasteiger partial charge in [0.15, 0.2) is 0 Å². The summed E-state index contributed by atoms with van der Waals surface area (Å²) in [6.07, 6.45) is 0. The second-order valence-electron chi connectivity index (χ2n) is 4.17. The molecule has 0 saturated carbocycles. The van der Waals surface area contributed by atoms with E-state index in [2.05, 4.69) is 10.1 Å². The molecule has 3 rings (SSSR count). The second-order valence-corrected chi connectivity index (χ2v) is 4.17. The second kappa shape index (κ2) is 4.97. The largest absolute Gasteiger partial charge is 0.478 e. The van der Waals surface area contributed by atoms with E-state index in [1.807, 2.05) is 30.3 Å². The van der Waals surface area contributed by atoms with Gasteiger partial charge in [-0.15, -0.1) is 0 Å². The number of carbonyl (C=O) groups is 1. The fourth-order valence-corrected chi connectivity index (χ4v) is 1.80. The molecule has 0 aliphatic carbocycles. The number of aromatic nitrogens is 2. The first kappa shape index (κ1) is 12.1. The molecule has 0 aliphatic heterocycles. The zero-order valence-corrected chi connectivity index (χ0v) is 10.4. The Morgan fingerprint density at radius 3 is 2.30 bits per heavy atom. The predicted molar refractivity (Wildman–Crippen MR) is 72.1 cm³/mol. The lowest BCUT2D eigenvalue weighted by Gasteiger charge is -1.95. The maximum atomic E-state index is 10.8. The minimum absolute atomic E-state index is 0.219. The maximum Gasteiger partial charge on any atom is 0.335 e. The lowest BCUT2D eigenvalue weighted by Crippen LogP contribution is -1.94. The summed E-state index contributed by atoms with van der Waals surface area (Å²) in [5, 5.41) is 12.8. The average molecular weight is 266 g/mol. The number of hydrogen-bond donors (Lipinski definition) is 1. The van der Waals surface area contributed by atoms with Gasteiger partial charge in [0.25, 0.3) is 5.89 Å². The van der Waals surface area contributed by atoms with Crippen LogP contribution in [0.3, 0.4) is 0 Å². The molecule has 5 heteroatoms. The molecular formula is C15H10N2O3. The van der Waals surface area contributed by atoms with Crippen LogP contribution >= 0.6 is 0 Å². The minimum Gasteiger partial charge on any atom is -0.478 e. The summed E-state index contributed by atoms with van der Waals surface area (Å²) < 4.78 is 5.20. The minimum atomic E-state index is -0.966. The molecule has 0 fully saturated rings. The molecule has 0 atom stereocenters. The van der Waals surface area contributed by atoms with Gasteiger partial charge in [-0.1, -0.05) is 35.5 Å². The summed E-state index contributed by atoms with van der Waals surface area (Å²) in [5.74, 6) is -0.101. The van der Waals surface area contributed by atoms with Crippen molar-refractivity contribution < 1.29 is 14.4 Å². The standard InChI is InChI=1S/C15H10N2O3/c18-15(19)12-8-6-11(7-9-12)14-16-13(17-20-14)10-4-2-1-3-5-10/h1-9H,(H,18,19). The van der Waals surface area contributed by atoms with Crippen molar-refractivity contribution >= 4 is 5.97 Å². The summed E-state index contributed by atoms with van der Waals surface area (Å²) in [4.78, 5) is 15.1. The summed E-state index contributed by atoms with van der Waals surface area (Å²) in [6.45, 7) is 0. The molecule has 0 unspecified atom stereocenters. The first-order valence-corrected chi connectivity index (χ1v) is 5.97. The molecule has 1 N–H and O–H groups in total. The van der Waals surface area contributed by atoms with Gasteiger partial charge in [0.1, 0.15) is 0 Å². The Morgan fingerprint density at radius 2 is 1.65 bits per heavy atom. The van der Waals surface area contributed by atoms with Crippen LogP contribution in [0.25, 0.3) is 22.8 Å². The van der Waals surface area contributed by atoms with Crippen LogP contribution in [-0.4, -0.2) is 21.2 Å². The highest BCUT2D eigenvalue weighted by atomic mass is 16.5. The normalized spacial score (nSPS) is 10.4. The molecule has 5 nitrogen and oxygen atoms in total. The Labute approximate surface area is 114 Å². The van der Waals surface area contributed by atoms with Crippen LogP contribution in [0.1, 0.15) is 10.4 Å². The van der Waals surface area contributed by atoms with Crippen LogP contribution in [-0.2, 0) is 0 Å². The number of carboxylic acid groups (broad SMARTS) is 1. The van der Waals surface area contributed by atoms with Crippen LogP contribution in [0, 0.1) is 0 Å². The van der Waals surface area contributed by atoms with Gasteiger partial charge in [-0.05, 0) is 24.3 Å². The molecule has 0 aliphatic rings. The third-order valence-electron chi connectivity index (χ3n) is 2.84. The van der Waals surface area contributed by atoms with E-state index in [0.29, 0.717) is 17.3 Å². The highest BCUT2D eigenvalue weighted by Gasteiger charge is 2.11. The van der Waals surface area contributed by atoms with Crippen molar-refractivity contribution in [2.24, 2.45) is 0 Å². The Hall–Kier alpha value is -2.95. The van der Waals surface area contributed by atoms with Crippen molar-refractivity contribution in [1.82, 2.24) is 10.1 Å². The molecule has 3 aromatic rings. The van der Waals surface area contributed by atoms with E-state index in [-0.39, 0.29) is 5.56 Å². The van der Waals surface area contributed by atoms with E-state index in [1.54, 1.807) is 12.1 Å². The van der Waals surface area contributed by atoms with Crippen molar-refractivity contribution in [3.63, 3.8) is 0 Å². The lowest BCUT2D eigenvalue weighted by atomic mass is 10.1. The quantitative estimate of drug-likeness (QED) is 0.788. The zero-order valence-electron chi connectivity index (χ0n) is 10.4. The Balaban J connectivity index is 1.92. The van der Waals surface area contributed by atoms with E-state index in [1.165, 1.54) is 12.1 Å². The highest BCUT2D eigenvalue weighted by molar-refractivity contribution is 5.88. The van der Waals surface area contributed by atoms with Crippen LogP contribution in [0.4, 0.5) is 0 Å². The zero-order chi connectivity index (χ0) is 13.9. The number of hydrogen-bond acceptors (Lipinski definition) is 4. The monoisotopic (exact) mass is 266 g/mol. The van der Waals surface area contributed by atoms with Gasteiger partial charge in [0.05, 0.1) is 5.56 Å². The molecule has 0 amide bonds. The van der Waals surface area contributed by atoms with E-state index < -0.39 is 5.97 Å². The molecule has 0 saturated heterocycles. The number of nitrogens with zero attached hydrogens (tertiary/aromatic N) is 2. The van der Waals surface area contributed by atoms with Crippen molar-refractivity contribution in [2.75, 3.05) is 0 Å². The predicted octanol–water partition coefficient (Wildman–Crippen LogP) is 3.10. The number of rotatable bonds is 3. The van der Waals surface area contributed by atoms with E-state index >= 15 is 0 Å². The van der Waals surface area contributed by atoms with Crippen molar-refractivity contribution in [2.45, 2.75) is 0 Å². The van der Waals surface area contributed by atoms with Crippen LogP contribution in [0.15, 0.2) is 59.1 Å². The van der Waals surface area contributed by atoms with Gasteiger partial charge in [-0.2, -0.15) is 4.98 Å². The third kappa shape index (κ3) is 2.29. The summed E-state index contributed by atoms with van der Waals surface area (Å²) in [5.41, 5.74) is 1.77.